The highest BCUT2D eigenvalue weighted by molar-refractivity contribution is 5.96. The van der Waals surface area contributed by atoms with Crippen molar-refractivity contribution in [3.05, 3.63) is 24.3 Å². The molecule has 21 heavy (non-hydrogen) atoms. The Bertz CT molecular complexity index is 536. The van der Waals surface area contributed by atoms with Gasteiger partial charge in [-0.3, -0.25) is 9.59 Å². The Labute approximate surface area is 123 Å². The van der Waals surface area contributed by atoms with Crippen molar-refractivity contribution in [3.8, 4) is 5.75 Å². The standard InChI is InChI=1S/C16H19NO4/c18-15(13-7-8-14(13)16(19)20)17-11-3-5-12(6-4-11)21-9-10-1-2-10/h3-6,10,13-14H,1-2,7-9H2,(H,17,18)(H,19,20). The van der Waals surface area contributed by atoms with Gasteiger partial charge in [-0.15, -0.1) is 0 Å². The van der Waals surface area contributed by atoms with Crippen LogP contribution in [0.2, 0.25) is 0 Å². The zero-order chi connectivity index (χ0) is 14.8. The molecule has 2 atom stereocenters. The number of carboxylic acids is 1. The first kappa shape index (κ1) is 13.9. The number of carbonyl (C=O) groups excluding carboxylic acids is 1. The van der Waals surface area contributed by atoms with Crippen molar-refractivity contribution in [3.63, 3.8) is 0 Å². The molecule has 0 radical (unpaired) electrons. The molecule has 3 rings (SSSR count). The second-order valence-electron chi connectivity index (χ2n) is 5.90. The normalized spacial score (nSPS) is 24.0. The predicted octanol–water partition coefficient (Wildman–Crippen LogP) is 2.52. The van der Waals surface area contributed by atoms with E-state index in [9.17, 15) is 9.59 Å². The van der Waals surface area contributed by atoms with Gasteiger partial charge in [-0.05, 0) is 55.9 Å². The molecule has 2 unspecified atom stereocenters. The smallest absolute Gasteiger partial charge is 0.307 e. The number of amides is 1. The molecular formula is C16H19NO4. The largest absolute Gasteiger partial charge is 0.493 e. The van der Waals surface area contributed by atoms with Crippen molar-refractivity contribution in [2.45, 2.75) is 25.7 Å². The molecule has 2 saturated carbocycles. The van der Waals surface area contributed by atoms with Gasteiger partial charge in [-0.25, -0.2) is 0 Å². The number of aliphatic carboxylic acids is 1. The summed E-state index contributed by atoms with van der Waals surface area (Å²) in [4.78, 5) is 22.9. The number of ether oxygens (including phenoxy) is 1. The quantitative estimate of drug-likeness (QED) is 0.843. The third kappa shape index (κ3) is 3.35. The fourth-order valence-corrected chi connectivity index (χ4v) is 2.48. The van der Waals surface area contributed by atoms with Crippen LogP contribution < -0.4 is 10.1 Å². The number of anilines is 1. The first-order valence-electron chi connectivity index (χ1n) is 7.40. The van der Waals surface area contributed by atoms with E-state index in [-0.39, 0.29) is 5.91 Å². The van der Waals surface area contributed by atoms with Gasteiger partial charge in [-0.2, -0.15) is 0 Å². The molecule has 0 spiro atoms. The predicted molar refractivity (Wildman–Crippen MR) is 77.1 cm³/mol. The number of hydrogen-bond acceptors (Lipinski definition) is 3. The maximum absolute atomic E-state index is 12.0. The van der Waals surface area contributed by atoms with Crippen LogP contribution in [0.4, 0.5) is 5.69 Å². The Morgan fingerprint density at radius 1 is 1.10 bits per heavy atom. The molecule has 2 aliphatic carbocycles. The summed E-state index contributed by atoms with van der Waals surface area (Å²) in [7, 11) is 0. The first-order valence-corrected chi connectivity index (χ1v) is 7.40. The molecule has 5 heteroatoms. The van der Waals surface area contributed by atoms with Gasteiger partial charge >= 0.3 is 5.97 Å². The highest BCUT2D eigenvalue weighted by Crippen LogP contribution is 2.35. The molecule has 112 valence electrons. The van der Waals surface area contributed by atoms with E-state index in [1.807, 2.05) is 12.1 Å². The molecule has 1 aromatic carbocycles. The van der Waals surface area contributed by atoms with Crippen LogP contribution in [0.5, 0.6) is 5.75 Å². The summed E-state index contributed by atoms with van der Waals surface area (Å²) in [6.07, 6.45) is 3.73. The van der Waals surface area contributed by atoms with Crippen molar-refractivity contribution in [2.24, 2.45) is 17.8 Å². The van der Waals surface area contributed by atoms with E-state index in [4.69, 9.17) is 9.84 Å². The highest BCUT2D eigenvalue weighted by atomic mass is 16.5. The number of carboxylic acid groups (broad SMARTS) is 1. The Kier molecular flexibility index (Phi) is 3.82. The van der Waals surface area contributed by atoms with E-state index in [2.05, 4.69) is 5.32 Å². The maximum atomic E-state index is 12.0. The molecule has 0 bridgehead atoms. The average Bonchev–Trinajstić information content (AvgIpc) is 3.20. The molecule has 1 aromatic rings. The highest BCUT2D eigenvalue weighted by Gasteiger charge is 2.41. The minimum absolute atomic E-state index is 0.208. The molecule has 1 amide bonds. The van der Waals surface area contributed by atoms with Gasteiger partial charge in [0.2, 0.25) is 5.91 Å². The summed E-state index contributed by atoms with van der Waals surface area (Å²) in [5.74, 6) is -0.534. The van der Waals surface area contributed by atoms with E-state index >= 15 is 0 Å². The molecule has 5 nitrogen and oxygen atoms in total. The van der Waals surface area contributed by atoms with Gasteiger partial charge in [-0.1, -0.05) is 0 Å². The lowest BCUT2D eigenvalue weighted by Crippen LogP contribution is -2.41. The van der Waals surface area contributed by atoms with E-state index in [1.165, 1.54) is 12.8 Å². The number of hydrogen-bond donors (Lipinski definition) is 2. The summed E-state index contributed by atoms with van der Waals surface area (Å²) in [6, 6.07) is 7.23. The van der Waals surface area contributed by atoms with Crippen LogP contribution in [0.25, 0.3) is 0 Å². The third-order valence-corrected chi connectivity index (χ3v) is 4.23. The number of carbonyl (C=O) groups is 2. The molecule has 2 N–H and O–H groups in total. The lowest BCUT2D eigenvalue weighted by atomic mass is 9.73. The van der Waals surface area contributed by atoms with Crippen molar-refractivity contribution in [1.82, 2.24) is 0 Å². The first-order chi connectivity index (χ1) is 10.1. The SMILES string of the molecule is O=C(O)C1CCC1C(=O)Nc1ccc(OCC2CC2)cc1. The van der Waals surface area contributed by atoms with Crippen LogP contribution in [-0.4, -0.2) is 23.6 Å². The van der Waals surface area contributed by atoms with Crippen LogP contribution in [0.3, 0.4) is 0 Å². The van der Waals surface area contributed by atoms with Crippen LogP contribution in [0.1, 0.15) is 25.7 Å². The van der Waals surface area contributed by atoms with Gasteiger partial charge in [0.05, 0.1) is 18.4 Å². The molecule has 0 heterocycles. The summed E-state index contributed by atoms with van der Waals surface area (Å²) < 4.78 is 5.63. The molecule has 0 saturated heterocycles. The Morgan fingerprint density at radius 3 is 2.29 bits per heavy atom. The van der Waals surface area contributed by atoms with E-state index in [0.717, 1.165) is 12.4 Å². The summed E-state index contributed by atoms with van der Waals surface area (Å²) in [6.45, 7) is 0.758. The van der Waals surface area contributed by atoms with Crippen LogP contribution in [0, 0.1) is 17.8 Å². The van der Waals surface area contributed by atoms with Crippen molar-refractivity contribution in [2.75, 3.05) is 11.9 Å². The van der Waals surface area contributed by atoms with Crippen molar-refractivity contribution >= 4 is 17.6 Å². The summed E-state index contributed by atoms with van der Waals surface area (Å²) >= 11 is 0. The zero-order valence-corrected chi connectivity index (χ0v) is 11.7. The molecule has 0 aromatic heterocycles. The number of rotatable bonds is 6. The van der Waals surface area contributed by atoms with E-state index in [0.29, 0.717) is 24.4 Å². The van der Waals surface area contributed by atoms with E-state index in [1.54, 1.807) is 12.1 Å². The van der Waals surface area contributed by atoms with Gasteiger partial charge < -0.3 is 15.2 Å². The van der Waals surface area contributed by atoms with Gasteiger partial charge in [0, 0.05) is 5.69 Å². The lowest BCUT2D eigenvalue weighted by Gasteiger charge is -2.31. The summed E-state index contributed by atoms with van der Waals surface area (Å²) in [5, 5.41) is 11.7. The number of benzene rings is 1. The Balaban J connectivity index is 1.52. The fraction of sp³-hybridized carbons (Fsp3) is 0.500. The fourth-order valence-electron chi connectivity index (χ4n) is 2.48. The minimum atomic E-state index is -0.884. The van der Waals surface area contributed by atoms with Crippen molar-refractivity contribution in [1.29, 1.82) is 0 Å². The molecular weight excluding hydrogens is 270 g/mol. The minimum Gasteiger partial charge on any atom is -0.493 e. The van der Waals surface area contributed by atoms with Crippen LogP contribution in [0.15, 0.2) is 24.3 Å². The molecule has 2 aliphatic rings. The monoisotopic (exact) mass is 289 g/mol. The second-order valence-corrected chi connectivity index (χ2v) is 5.90. The maximum Gasteiger partial charge on any atom is 0.307 e. The third-order valence-electron chi connectivity index (χ3n) is 4.23. The van der Waals surface area contributed by atoms with Gasteiger partial charge in [0.25, 0.3) is 0 Å². The topological polar surface area (TPSA) is 75.6 Å². The van der Waals surface area contributed by atoms with Gasteiger partial charge in [0.15, 0.2) is 0 Å². The Hall–Kier alpha value is -2.04. The van der Waals surface area contributed by atoms with E-state index < -0.39 is 17.8 Å². The average molecular weight is 289 g/mol. The van der Waals surface area contributed by atoms with Crippen molar-refractivity contribution < 1.29 is 19.4 Å². The molecule has 2 fully saturated rings. The Morgan fingerprint density at radius 2 is 1.76 bits per heavy atom. The van der Waals surface area contributed by atoms with Crippen LogP contribution >= 0.6 is 0 Å². The second kappa shape index (κ2) is 5.76. The number of nitrogens with one attached hydrogen (secondary N) is 1. The zero-order valence-electron chi connectivity index (χ0n) is 11.7. The van der Waals surface area contributed by atoms with Gasteiger partial charge in [0.1, 0.15) is 5.75 Å². The molecule has 0 aliphatic heterocycles. The van der Waals surface area contributed by atoms with Crippen LogP contribution in [-0.2, 0) is 9.59 Å². The summed E-state index contributed by atoms with van der Waals surface area (Å²) in [5.41, 5.74) is 0.676. The lowest BCUT2D eigenvalue weighted by molar-refractivity contribution is -0.151.